The van der Waals surface area contributed by atoms with Gasteiger partial charge in [0, 0.05) is 29.6 Å². The minimum Gasteiger partial charge on any atom is -0.344 e. The van der Waals surface area contributed by atoms with Crippen LogP contribution in [-0.4, -0.2) is 4.57 Å². The summed E-state index contributed by atoms with van der Waals surface area (Å²) in [6.07, 6.45) is 0. The third kappa shape index (κ3) is 2.27. The Morgan fingerprint density at radius 3 is 1.18 bits per heavy atom. The molecule has 0 aliphatic rings. The van der Waals surface area contributed by atoms with E-state index in [2.05, 4.69) is 87.8 Å². The molecular weight excluding hydrogens is 266 g/mol. The molecule has 0 aliphatic heterocycles. The number of aryl methyl sites for hydroxylation is 4. The van der Waals surface area contributed by atoms with Crippen LogP contribution in [0, 0.1) is 27.7 Å². The molecule has 0 saturated carbocycles. The fourth-order valence-corrected chi connectivity index (χ4v) is 3.45. The Labute approximate surface area is 133 Å². The minimum absolute atomic E-state index is 1.29. The van der Waals surface area contributed by atoms with Crippen LogP contribution in [0.15, 0.2) is 48.5 Å². The second-order valence-corrected chi connectivity index (χ2v) is 6.20. The number of hydrogen-bond donors (Lipinski definition) is 0. The molecule has 0 radical (unpaired) electrons. The van der Waals surface area contributed by atoms with Gasteiger partial charge in [-0.1, -0.05) is 36.4 Å². The van der Waals surface area contributed by atoms with Gasteiger partial charge in [0.25, 0.3) is 0 Å². The lowest BCUT2D eigenvalue weighted by molar-refractivity contribution is 0.940. The first kappa shape index (κ1) is 14.6. The van der Waals surface area contributed by atoms with Gasteiger partial charge in [0.1, 0.15) is 0 Å². The summed E-state index contributed by atoms with van der Waals surface area (Å²) in [6, 6.07) is 17.5. The van der Waals surface area contributed by atoms with Gasteiger partial charge in [-0.25, -0.2) is 0 Å². The van der Waals surface area contributed by atoms with Crippen molar-refractivity contribution < 1.29 is 0 Å². The molecule has 0 amide bonds. The van der Waals surface area contributed by atoms with Crippen molar-refractivity contribution in [3.63, 3.8) is 0 Å². The monoisotopic (exact) mass is 289 g/mol. The Morgan fingerprint density at radius 2 is 0.864 bits per heavy atom. The van der Waals surface area contributed by atoms with E-state index in [4.69, 9.17) is 0 Å². The van der Waals surface area contributed by atoms with Gasteiger partial charge >= 0.3 is 0 Å². The molecule has 3 rings (SSSR count). The van der Waals surface area contributed by atoms with Crippen LogP contribution in [0.2, 0.25) is 0 Å². The molecule has 112 valence electrons. The SMILES string of the molecule is Cc1cccc(C)c1-c1ccc(-c2c(C)cccc2C)n1C. The number of aromatic nitrogens is 1. The van der Waals surface area contributed by atoms with Crippen molar-refractivity contribution in [2.45, 2.75) is 27.7 Å². The lowest BCUT2D eigenvalue weighted by atomic mass is 10.00. The second kappa shape index (κ2) is 5.49. The molecule has 1 aromatic heterocycles. The van der Waals surface area contributed by atoms with Crippen molar-refractivity contribution >= 4 is 0 Å². The second-order valence-electron chi connectivity index (χ2n) is 6.20. The number of benzene rings is 2. The lowest BCUT2D eigenvalue weighted by Crippen LogP contribution is -1.99. The number of rotatable bonds is 2. The maximum absolute atomic E-state index is 2.32. The van der Waals surface area contributed by atoms with E-state index in [1.54, 1.807) is 0 Å². The van der Waals surface area contributed by atoms with Gasteiger partial charge < -0.3 is 4.57 Å². The quantitative estimate of drug-likeness (QED) is 0.579. The smallest absolute Gasteiger partial charge is 0.0488 e. The predicted octanol–water partition coefficient (Wildman–Crippen LogP) is 5.59. The minimum atomic E-state index is 1.29. The molecule has 0 spiro atoms. The Balaban J connectivity index is 2.23. The topological polar surface area (TPSA) is 4.93 Å². The first-order valence-electron chi connectivity index (χ1n) is 7.79. The summed E-state index contributed by atoms with van der Waals surface area (Å²) in [6.45, 7) is 8.75. The third-order valence-corrected chi connectivity index (χ3v) is 4.60. The summed E-state index contributed by atoms with van der Waals surface area (Å²) in [4.78, 5) is 0. The fourth-order valence-electron chi connectivity index (χ4n) is 3.45. The Kier molecular flexibility index (Phi) is 3.66. The highest BCUT2D eigenvalue weighted by atomic mass is 15.0. The highest BCUT2D eigenvalue weighted by Crippen LogP contribution is 2.34. The van der Waals surface area contributed by atoms with E-state index in [0.717, 1.165) is 0 Å². The van der Waals surface area contributed by atoms with E-state index in [1.165, 1.54) is 44.8 Å². The molecular formula is C21H23N. The van der Waals surface area contributed by atoms with Gasteiger partial charge in [-0.05, 0) is 62.1 Å². The summed E-state index contributed by atoms with van der Waals surface area (Å²) in [5, 5.41) is 0. The average Bonchev–Trinajstić information content (AvgIpc) is 2.81. The van der Waals surface area contributed by atoms with Crippen LogP contribution in [0.25, 0.3) is 22.5 Å². The maximum Gasteiger partial charge on any atom is 0.0488 e. The van der Waals surface area contributed by atoms with E-state index in [1.807, 2.05) is 0 Å². The van der Waals surface area contributed by atoms with Gasteiger partial charge in [0.2, 0.25) is 0 Å². The summed E-state index contributed by atoms with van der Waals surface area (Å²) >= 11 is 0. The highest BCUT2D eigenvalue weighted by molar-refractivity contribution is 5.76. The van der Waals surface area contributed by atoms with E-state index < -0.39 is 0 Å². The van der Waals surface area contributed by atoms with Crippen LogP contribution in [-0.2, 0) is 7.05 Å². The van der Waals surface area contributed by atoms with Crippen LogP contribution >= 0.6 is 0 Å². The molecule has 1 heterocycles. The first-order valence-corrected chi connectivity index (χ1v) is 7.79. The van der Waals surface area contributed by atoms with Crippen LogP contribution in [0.4, 0.5) is 0 Å². The maximum atomic E-state index is 2.32. The summed E-state index contributed by atoms with van der Waals surface area (Å²) in [5.74, 6) is 0. The van der Waals surface area contributed by atoms with E-state index in [9.17, 15) is 0 Å². The molecule has 22 heavy (non-hydrogen) atoms. The van der Waals surface area contributed by atoms with Crippen LogP contribution in [0.3, 0.4) is 0 Å². The van der Waals surface area contributed by atoms with Gasteiger partial charge in [-0.15, -0.1) is 0 Å². The molecule has 0 aliphatic carbocycles. The molecule has 0 bridgehead atoms. The van der Waals surface area contributed by atoms with Crippen molar-refractivity contribution in [3.8, 4) is 22.5 Å². The summed E-state index contributed by atoms with van der Waals surface area (Å²) in [7, 11) is 2.17. The van der Waals surface area contributed by atoms with Crippen LogP contribution in [0.1, 0.15) is 22.3 Å². The zero-order valence-corrected chi connectivity index (χ0v) is 14.1. The van der Waals surface area contributed by atoms with Crippen molar-refractivity contribution in [2.75, 3.05) is 0 Å². The molecule has 0 atom stereocenters. The molecule has 0 fully saturated rings. The van der Waals surface area contributed by atoms with E-state index in [-0.39, 0.29) is 0 Å². The van der Waals surface area contributed by atoms with Gasteiger partial charge in [-0.3, -0.25) is 0 Å². The summed E-state index contributed by atoms with van der Waals surface area (Å²) in [5.41, 5.74) is 10.6. The van der Waals surface area contributed by atoms with Gasteiger partial charge in [-0.2, -0.15) is 0 Å². The van der Waals surface area contributed by atoms with E-state index >= 15 is 0 Å². The zero-order chi connectivity index (χ0) is 15.9. The standard InChI is InChI=1S/C21H23N/c1-14-8-6-9-15(2)20(14)18-12-13-19(22(18)5)21-16(3)10-7-11-17(21)4/h6-13H,1-5H3. The first-order chi connectivity index (χ1) is 10.5. The summed E-state index contributed by atoms with van der Waals surface area (Å²) < 4.78 is 2.32. The number of hydrogen-bond acceptors (Lipinski definition) is 0. The van der Waals surface area contributed by atoms with Gasteiger partial charge in [0.05, 0.1) is 0 Å². The average molecular weight is 289 g/mol. The Morgan fingerprint density at radius 1 is 0.545 bits per heavy atom. The van der Waals surface area contributed by atoms with Crippen LogP contribution in [0.5, 0.6) is 0 Å². The number of nitrogens with zero attached hydrogens (tertiary/aromatic N) is 1. The molecule has 3 aromatic rings. The van der Waals surface area contributed by atoms with Crippen LogP contribution < -0.4 is 0 Å². The molecule has 0 N–H and O–H groups in total. The van der Waals surface area contributed by atoms with Gasteiger partial charge in [0.15, 0.2) is 0 Å². The largest absolute Gasteiger partial charge is 0.344 e. The van der Waals surface area contributed by atoms with Crippen molar-refractivity contribution in [2.24, 2.45) is 7.05 Å². The van der Waals surface area contributed by atoms with Crippen molar-refractivity contribution in [1.82, 2.24) is 4.57 Å². The van der Waals surface area contributed by atoms with E-state index in [0.29, 0.717) is 0 Å². The lowest BCUT2D eigenvalue weighted by Gasteiger charge is -2.15. The Bertz CT molecular complexity index is 728. The molecule has 0 saturated heterocycles. The predicted molar refractivity (Wildman–Crippen MR) is 95.2 cm³/mol. The third-order valence-electron chi connectivity index (χ3n) is 4.60. The molecule has 0 unspecified atom stereocenters. The molecule has 1 heteroatoms. The highest BCUT2D eigenvalue weighted by Gasteiger charge is 2.14. The molecule has 1 nitrogen and oxygen atoms in total. The van der Waals surface area contributed by atoms with Crippen molar-refractivity contribution in [3.05, 3.63) is 70.8 Å². The zero-order valence-electron chi connectivity index (χ0n) is 14.1. The van der Waals surface area contributed by atoms with Crippen molar-refractivity contribution in [1.29, 1.82) is 0 Å². The fraction of sp³-hybridized carbons (Fsp3) is 0.238. The normalized spacial score (nSPS) is 11.0. The Hall–Kier alpha value is -2.28. The molecule has 2 aromatic carbocycles.